The molecule has 0 unspecified atom stereocenters. The molecular formula is C17H21N5O3S. The summed E-state index contributed by atoms with van der Waals surface area (Å²) in [6.07, 6.45) is 2.21. The fourth-order valence-electron chi connectivity index (χ4n) is 2.18. The predicted molar refractivity (Wildman–Crippen MR) is 99.3 cm³/mol. The molecule has 1 heterocycles. The van der Waals surface area contributed by atoms with E-state index in [9.17, 15) is 13.2 Å². The molecular weight excluding hydrogens is 354 g/mol. The van der Waals surface area contributed by atoms with Gasteiger partial charge in [-0.3, -0.25) is 4.79 Å². The second-order valence-electron chi connectivity index (χ2n) is 5.58. The van der Waals surface area contributed by atoms with Gasteiger partial charge in [0.25, 0.3) is 5.91 Å². The van der Waals surface area contributed by atoms with Crippen molar-refractivity contribution in [1.29, 1.82) is 0 Å². The standard InChI is InChI=1S/C17H21N5O3S/c1-3-9-19-16(23)15-11-12(2)21-17(22-15)20-10-8-13-4-6-14(7-5-13)26(18,24)25/h3-7,11H,1,8-10H2,2H3,(H,19,23)(H2,18,24,25)(H,20,21,22). The van der Waals surface area contributed by atoms with Gasteiger partial charge in [-0.05, 0) is 37.1 Å². The van der Waals surface area contributed by atoms with Crippen molar-refractivity contribution in [2.75, 3.05) is 18.4 Å². The highest BCUT2D eigenvalue weighted by atomic mass is 32.2. The van der Waals surface area contributed by atoms with Crippen molar-refractivity contribution in [3.8, 4) is 0 Å². The van der Waals surface area contributed by atoms with Crippen molar-refractivity contribution in [2.24, 2.45) is 5.14 Å². The van der Waals surface area contributed by atoms with E-state index in [1.807, 2.05) is 0 Å². The van der Waals surface area contributed by atoms with Gasteiger partial charge < -0.3 is 10.6 Å². The Labute approximate surface area is 152 Å². The summed E-state index contributed by atoms with van der Waals surface area (Å²) < 4.78 is 22.5. The topological polar surface area (TPSA) is 127 Å². The highest BCUT2D eigenvalue weighted by molar-refractivity contribution is 7.89. The Morgan fingerprint density at radius 3 is 2.58 bits per heavy atom. The van der Waals surface area contributed by atoms with Crippen LogP contribution in [0.5, 0.6) is 0 Å². The number of hydrogen-bond acceptors (Lipinski definition) is 6. The lowest BCUT2D eigenvalue weighted by atomic mass is 10.1. The Morgan fingerprint density at radius 1 is 1.27 bits per heavy atom. The monoisotopic (exact) mass is 375 g/mol. The summed E-state index contributed by atoms with van der Waals surface area (Å²) in [6, 6.07) is 7.95. The molecule has 0 atom stereocenters. The van der Waals surface area contributed by atoms with Crippen molar-refractivity contribution < 1.29 is 13.2 Å². The van der Waals surface area contributed by atoms with Crippen molar-refractivity contribution >= 4 is 21.9 Å². The van der Waals surface area contributed by atoms with Gasteiger partial charge in [-0.25, -0.2) is 23.5 Å². The van der Waals surface area contributed by atoms with E-state index < -0.39 is 10.0 Å². The zero-order chi connectivity index (χ0) is 19.2. The van der Waals surface area contributed by atoms with Crippen LogP contribution in [0.4, 0.5) is 5.95 Å². The number of nitrogens with two attached hydrogens (primary N) is 1. The second-order valence-corrected chi connectivity index (χ2v) is 7.14. The smallest absolute Gasteiger partial charge is 0.270 e. The number of rotatable bonds is 8. The third-order valence-electron chi connectivity index (χ3n) is 3.44. The van der Waals surface area contributed by atoms with Crippen molar-refractivity contribution in [3.05, 3.63) is 59.9 Å². The highest BCUT2D eigenvalue weighted by Gasteiger charge is 2.10. The number of benzene rings is 1. The molecule has 4 N–H and O–H groups in total. The number of anilines is 1. The summed E-state index contributed by atoms with van der Waals surface area (Å²) in [5.41, 5.74) is 1.88. The predicted octanol–water partition coefficient (Wildman–Crippen LogP) is 1.00. The molecule has 138 valence electrons. The third kappa shape index (κ3) is 5.64. The van der Waals surface area contributed by atoms with Crippen LogP contribution in [0, 0.1) is 6.92 Å². The van der Waals surface area contributed by atoms with Crippen molar-refractivity contribution in [3.63, 3.8) is 0 Å². The van der Waals surface area contributed by atoms with Crippen LogP contribution in [-0.2, 0) is 16.4 Å². The molecule has 0 saturated carbocycles. The molecule has 9 heteroatoms. The zero-order valence-electron chi connectivity index (χ0n) is 14.4. The number of amides is 1. The van der Waals surface area contributed by atoms with Crippen molar-refractivity contribution in [2.45, 2.75) is 18.2 Å². The molecule has 0 fully saturated rings. The fourth-order valence-corrected chi connectivity index (χ4v) is 2.70. The van der Waals surface area contributed by atoms with Gasteiger partial charge in [0.15, 0.2) is 0 Å². The summed E-state index contributed by atoms with van der Waals surface area (Å²) in [5.74, 6) is 0.0620. The maximum absolute atomic E-state index is 12.0. The maximum atomic E-state index is 12.0. The number of nitrogens with zero attached hydrogens (tertiary/aromatic N) is 2. The minimum absolute atomic E-state index is 0.0754. The zero-order valence-corrected chi connectivity index (χ0v) is 15.2. The Morgan fingerprint density at radius 2 is 1.96 bits per heavy atom. The third-order valence-corrected chi connectivity index (χ3v) is 4.37. The quantitative estimate of drug-likeness (QED) is 0.591. The molecule has 2 aromatic rings. The van der Waals surface area contributed by atoms with E-state index in [1.54, 1.807) is 31.2 Å². The number of carbonyl (C=O) groups excluding carboxylic acids is 1. The molecule has 0 spiro atoms. The molecule has 1 aromatic carbocycles. The molecule has 0 aliphatic carbocycles. The first-order chi connectivity index (χ1) is 12.3. The molecule has 1 amide bonds. The molecule has 0 aliphatic heterocycles. The fraction of sp³-hybridized carbons (Fsp3) is 0.235. The average molecular weight is 375 g/mol. The number of sulfonamides is 1. The molecule has 1 aromatic heterocycles. The van der Waals surface area contributed by atoms with Gasteiger partial charge in [-0.15, -0.1) is 6.58 Å². The number of carbonyl (C=O) groups is 1. The minimum atomic E-state index is -3.69. The van der Waals surface area contributed by atoms with Crippen LogP contribution >= 0.6 is 0 Å². The molecule has 2 rings (SSSR count). The van der Waals surface area contributed by atoms with Crippen LogP contribution < -0.4 is 15.8 Å². The van der Waals surface area contributed by atoms with Crippen LogP contribution in [0.1, 0.15) is 21.7 Å². The Balaban J connectivity index is 1.98. The molecule has 0 aliphatic rings. The van der Waals surface area contributed by atoms with Gasteiger partial charge in [0, 0.05) is 18.8 Å². The summed E-state index contributed by atoms with van der Waals surface area (Å²) in [4.78, 5) is 20.5. The van der Waals surface area contributed by atoms with Gasteiger partial charge >= 0.3 is 0 Å². The van der Waals surface area contributed by atoms with Gasteiger partial charge in [0.05, 0.1) is 4.90 Å². The van der Waals surface area contributed by atoms with E-state index >= 15 is 0 Å². The molecule has 0 saturated heterocycles. The first kappa shape index (κ1) is 19.5. The Bertz CT molecular complexity index is 895. The van der Waals surface area contributed by atoms with Crippen LogP contribution in [-0.4, -0.2) is 37.4 Å². The summed E-state index contributed by atoms with van der Waals surface area (Å²) in [6.45, 7) is 6.21. The van der Waals surface area contributed by atoms with Gasteiger partial charge in [-0.2, -0.15) is 0 Å². The Kier molecular flexibility index (Phi) is 6.42. The van der Waals surface area contributed by atoms with Crippen LogP contribution in [0.2, 0.25) is 0 Å². The Hall–Kier alpha value is -2.78. The summed E-state index contributed by atoms with van der Waals surface area (Å²) in [7, 11) is -3.69. The number of nitrogens with one attached hydrogen (secondary N) is 2. The van der Waals surface area contributed by atoms with Gasteiger partial charge in [-0.1, -0.05) is 18.2 Å². The maximum Gasteiger partial charge on any atom is 0.270 e. The van der Waals surface area contributed by atoms with Gasteiger partial charge in [0.1, 0.15) is 5.69 Å². The largest absolute Gasteiger partial charge is 0.354 e. The number of aryl methyl sites for hydroxylation is 1. The lowest BCUT2D eigenvalue weighted by molar-refractivity contribution is 0.0953. The van der Waals surface area contributed by atoms with E-state index in [4.69, 9.17) is 5.14 Å². The van der Waals surface area contributed by atoms with E-state index in [0.717, 1.165) is 5.56 Å². The second kappa shape index (κ2) is 8.54. The number of primary sulfonamides is 1. The summed E-state index contributed by atoms with van der Waals surface area (Å²) in [5, 5.41) is 10.8. The van der Waals surface area contributed by atoms with Gasteiger partial charge in [0.2, 0.25) is 16.0 Å². The number of aromatic nitrogens is 2. The van der Waals surface area contributed by atoms with E-state index in [1.165, 1.54) is 12.1 Å². The lowest BCUT2D eigenvalue weighted by Gasteiger charge is -2.08. The highest BCUT2D eigenvalue weighted by Crippen LogP contribution is 2.10. The number of hydrogen-bond donors (Lipinski definition) is 3. The minimum Gasteiger partial charge on any atom is -0.354 e. The SMILES string of the molecule is C=CCNC(=O)c1cc(C)nc(NCCc2ccc(S(N)(=O)=O)cc2)n1. The molecule has 0 bridgehead atoms. The van der Waals surface area contributed by atoms with Crippen molar-refractivity contribution in [1.82, 2.24) is 15.3 Å². The van der Waals surface area contributed by atoms with E-state index in [2.05, 4.69) is 27.2 Å². The average Bonchev–Trinajstić information content (AvgIpc) is 2.59. The van der Waals surface area contributed by atoms with E-state index in [-0.39, 0.29) is 16.5 Å². The first-order valence-corrected chi connectivity index (χ1v) is 9.44. The van der Waals surface area contributed by atoms with Crippen LogP contribution in [0.15, 0.2) is 47.9 Å². The lowest BCUT2D eigenvalue weighted by Crippen LogP contribution is -2.25. The molecule has 26 heavy (non-hydrogen) atoms. The van der Waals surface area contributed by atoms with E-state index in [0.29, 0.717) is 31.2 Å². The molecule has 8 nitrogen and oxygen atoms in total. The van der Waals surface area contributed by atoms with Crippen LogP contribution in [0.25, 0.3) is 0 Å². The summed E-state index contributed by atoms with van der Waals surface area (Å²) >= 11 is 0. The molecule has 0 radical (unpaired) electrons. The first-order valence-electron chi connectivity index (χ1n) is 7.90. The normalized spacial score (nSPS) is 11.0. The van der Waals surface area contributed by atoms with Crippen LogP contribution in [0.3, 0.4) is 0 Å².